The van der Waals surface area contributed by atoms with Crippen molar-refractivity contribution in [1.29, 1.82) is 0 Å². The van der Waals surface area contributed by atoms with Crippen LogP contribution in [0.2, 0.25) is 0 Å². The zero-order valence-electron chi connectivity index (χ0n) is 11.1. The van der Waals surface area contributed by atoms with E-state index < -0.39 is 0 Å². The minimum atomic E-state index is -0.0442. The van der Waals surface area contributed by atoms with Gasteiger partial charge in [0.15, 0.2) is 0 Å². The second-order valence-electron chi connectivity index (χ2n) is 4.42. The SMILES string of the molecule is CN(Cc1ccc(Br)s1)C(=O)c1csc(-c2ccsc2)n1. The number of aromatic nitrogens is 1. The molecule has 21 heavy (non-hydrogen) atoms. The van der Waals surface area contributed by atoms with Crippen molar-refractivity contribution in [3.05, 3.63) is 48.7 Å². The van der Waals surface area contributed by atoms with Crippen molar-refractivity contribution in [2.45, 2.75) is 6.54 Å². The van der Waals surface area contributed by atoms with Gasteiger partial charge in [-0.3, -0.25) is 4.79 Å². The van der Waals surface area contributed by atoms with Gasteiger partial charge in [0.05, 0.1) is 10.3 Å². The first kappa shape index (κ1) is 14.9. The smallest absolute Gasteiger partial charge is 0.273 e. The van der Waals surface area contributed by atoms with Gasteiger partial charge in [0.25, 0.3) is 5.91 Å². The summed E-state index contributed by atoms with van der Waals surface area (Å²) in [6.07, 6.45) is 0. The van der Waals surface area contributed by atoms with Crippen LogP contribution in [0.15, 0.2) is 38.1 Å². The maximum Gasteiger partial charge on any atom is 0.273 e. The average molecular weight is 399 g/mol. The molecular formula is C14H11BrN2OS3. The summed E-state index contributed by atoms with van der Waals surface area (Å²) in [5, 5.41) is 6.78. The van der Waals surface area contributed by atoms with Gasteiger partial charge in [-0.05, 0) is 39.5 Å². The van der Waals surface area contributed by atoms with E-state index in [0.717, 1.165) is 19.2 Å². The molecule has 108 valence electrons. The van der Waals surface area contributed by atoms with Gasteiger partial charge in [0.1, 0.15) is 10.7 Å². The summed E-state index contributed by atoms with van der Waals surface area (Å²) in [7, 11) is 1.81. The van der Waals surface area contributed by atoms with Gasteiger partial charge in [-0.1, -0.05) is 0 Å². The molecule has 0 aliphatic carbocycles. The highest BCUT2D eigenvalue weighted by Crippen LogP contribution is 2.27. The average Bonchev–Trinajstić information content (AvgIpc) is 3.18. The number of hydrogen-bond donors (Lipinski definition) is 0. The largest absolute Gasteiger partial charge is 0.335 e. The number of thiophene rings is 2. The third-order valence-electron chi connectivity index (χ3n) is 2.86. The molecule has 3 heterocycles. The molecule has 0 bridgehead atoms. The Labute approximate surface area is 143 Å². The van der Waals surface area contributed by atoms with Crippen LogP contribution in [0.4, 0.5) is 0 Å². The van der Waals surface area contributed by atoms with Crippen molar-refractivity contribution in [1.82, 2.24) is 9.88 Å². The van der Waals surface area contributed by atoms with Crippen LogP contribution in [0.25, 0.3) is 10.6 Å². The minimum absolute atomic E-state index is 0.0442. The Hall–Kier alpha value is -1.02. The van der Waals surface area contributed by atoms with Gasteiger partial charge < -0.3 is 4.90 Å². The Balaban J connectivity index is 1.72. The summed E-state index contributed by atoms with van der Waals surface area (Å²) in [4.78, 5) is 19.7. The maximum atomic E-state index is 12.4. The molecule has 3 aromatic rings. The lowest BCUT2D eigenvalue weighted by atomic mass is 10.3. The highest BCUT2D eigenvalue weighted by atomic mass is 79.9. The molecule has 0 fully saturated rings. The fourth-order valence-corrected chi connectivity index (χ4v) is 4.87. The van der Waals surface area contributed by atoms with E-state index in [2.05, 4.69) is 20.9 Å². The molecule has 0 radical (unpaired) electrons. The van der Waals surface area contributed by atoms with Crippen LogP contribution in [-0.4, -0.2) is 22.8 Å². The third kappa shape index (κ3) is 3.42. The number of amides is 1. The molecule has 3 rings (SSSR count). The standard InChI is InChI=1S/C14H11BrN2OS3/c1-17(6-10-2-3-12(15)21-10)14(18)11-8-20-13(16-11)9-4-5-19-7-9/h2-5,7-8H,6H2,1H3. The van der Waals surface area contributed by atoms with Crippen molar-refractivity contribution in [3.8, 4) is 10.6 Å². The molecule has 3 nitrogen and oxygen atoms in total. The number of rotatable bonds is 4. The van der Waals surface area contributed by atoms with Crippen LogP contribution >= 0.6 is 49.9 Å². The van der Waals surface area contributed by atoms with E-state index in [-0.39, 0.29) is 5.91 Å². The van der Waals surface area contributed by atoms with E-state index >= 15 is 0 Å². The second kappa shape index (κ2) is 6.39. The van der Waals surface area contributed by atoms with Gasteiger partial charge in [-0.2, -0.15) is 11.3 Å². The van der Waals surface area contributed by atoms with Crippen LogP contribution in [0, 0.1) is 0 Å². The minimum Gasteiger partial charge on any atom is -0.335 e. The zero-order valence-corrected chi connectivity index (χ0v) is 15.1. The van der Waals surface area contributed by atoms with E-state index in [1.54, 1.807) is 34.6 Å². The number of halogens is 1. The first-order valence-electron chi connectivity index (χ1n) is 6.11. The molecule has 7 heteroatoms. The number of carbonyl (C=O) groups excluding carboxylic acids is 1. The van der Waals surface area contributed by atoms with Crippen molar-refractivity contribution in [2.24, 2.45) is 0 Å². The quantitative estimate of drug-likeness (QED) is 0.621. The van der Waals surface area contributed by atoms with Crippen LogP contribution < -0.4 is 0 Å². The lowest BCUT2D eigenvalue weighted by Gasteiger charge is -2.14. The van der Waals surface area contributed by atoms with Crippen LogP contribution in [-0.2, 0) is 6.54 Å². The highest BCUT2D eigenvalue weighted by molar-refractivity contribution is 9.11. The topological polar surface area (TPSA) is 33.2 Å². The predicted octanol–water partition coefficient (Wildman–Crippen LogP) is 4.97. The molecule has 0 aliphatic heterocycles. The number of nitrogens with zero attached hydrogens (tertiary/aromatic N) is 2. The lowest BCUT2D eigenvalue weighted by molar-refractivity contribution is 0.0781. The summed E-state index contributed by atoms with van der Waals surface area (Å²) < 4.78 is 1.08. The van der Waals surface area contributed by atoms with E-state index in [1.165, 1.54) is 11.3 Å². The molecule has 0 saturated carbocycles. The van der Waals surface area contributed by atoms with E-state index in [9.17, 15) is 4.79 Å². The first-order valence-corrected chi connectivity index (χ1v) is 9.54. The Morgan fingerprint density at radius 3 is 2.86 bits per heavy atom. The molecule has 1 amide bonds. The summed E-state index contributed by atoms with van der Waals surface area (Å²) in [5.41, 5.74) is 1.59. The van der Waals surface area contributed by atoms with Crippen molar-refractivity contribution >= 4 is 55.8 Å². The van der Waals surface area contributed by atoms with Gasteiger partial charge in [-0.15, -0.1) is 22.7 Å². The summed E-state index contributed by atoms with van der Waals surface area (Å²) in [5.74, 6) is -0.0442. The van der Waals surface area contributed by atoms with Crippen LogP contribution in [0.5, 0.6) is 0 Å². The number of thiazole rings is 1. The molecule has 0 aliphatic rings. The van der Waals surface area contributed by atoms with Gasteiger partial charge >= 0.3 is 0 Å². The van der Waals surface area contributed by atoms with Crippen LogP contribution in [0.1, 0.15) is 15.4 Å². The molecule has 0 aromatic carbocycles. The number of hydrogen-bond acceptors (Lipinski definition) is 5. The first-order chi connectivity index (χ1) is 10.1. The fraction of sp³-hybridized carbons (Fsp3) is 0.143. The molecule has 0 atom stereocenters. The van der Waals surface area contributed by atoms with Crippen LogP contribution in [0.3, 0.4) is 0 Å². The Morgan fingerprint density at radius 2 is 2.19 bits per heavy atom. The fourth-order valence-electron chi connectivity index (χ4n) is 1.83. The van der Waals surface area contributed by atoms with Crippen molar-refractivity contribution in [2.75, 3.05) is 7.05 Å². The van der Waals surface area contributed by atoms with Crippen molar-refractivity contribution in [3.63, 3.8) is 0 Å². The van der Waals surface area contributed by atoms with Gasteiger partial charge in [-0.25, -0.2) is 4.98 Å². The summed E-state index contributed by atoms with van der Waals surface area (Å²) in [6, 6.07) is 6.04. The summed E-state index contributed by atoms with van der Waals surface area (Å²) >= 11 is 8.21. The van der Waals surface area contributed by atoms with E-state index in [4.69, 9.17) is 0 Å². The third-order valence-corrected chi connectivity index (χ3v) is 6.04. The van der Waals surface area contributed by atoms with E-state index in [1.807, 2.05) is 34.3 Å². The Bertz CT molecular complexity index is 748. The van der Waals surface area contributed by atoms with Gasteiger partial charge in [0, 0.05) is 28.2 Å². The predicted molar refractivity (Wildman–Crippen MR) is 93.2 cm³/mol. The summed E-state index contributed by atoms with van der Waals surface area (Å²) in [6.45, 7) is 0.598. The van der Waals surface area contributed by atoms with E-state index in [0.29, 0.717) is 12.2 Å². The molecule has 3 aromatic heterocycles. The lowest BCUT2D eigenvalue weighted by Crippen LogP contribution is -2.26. The maximum absolute atomic E-state index is 12.4. The second-order valence-corrected chi connectivity index (χ2v) is 8.60. The molecular weight excluding hydrogens is 388 g/mol. The Morgan fingerprint density at radius 1 is 1.33 bits per heavy atom. The highest BCUT2D eigenvalue weighted by Gasteiger charge is 2.17. The number of carbonyl (C=O) groups is 1. The monoisotopic (exact) mass is 398 g/mol. The molecule has 0 spiro atoms. The molecule has 0 unspecified atom stereocenters. The normalized spacial score (nSPS) is 10.8. The zero-order chi connectivity index (χ0) is 14.8. The Kier molecular flexibility index (Phi) is 4.54. The molecule has 0 saturated heterocycles. The molecule has 0 N–H and O–H groups in total. The van der Waals surface area contributed by atoms with Gasteiger partial charge in [0.2, 0.25) is 0 Å². The van der Waals surface area contributed by atoms with Crippen molar-refractivity contribution < 1.29 is 4.79 Å².